The largest absolute Gasteiger partial charge is 0.381 e. The van der Waals surface area contributed by atoms with Gasteiger partial charge in [0.25, 0.3) is 0 Å². The van der Waals surface area contributed by atoms with E-state index in [1.165, 1.54) is 22.6 Å². The highest BCUT2D eigenvalue weighted by molar-refractivity contribution is 7.89. The van der Waals surface area contributed by atoms with Crippen LogP contribution in [-0.4, -0.2) is 44.0 Å². The molecular formula is C13H19ClN2O3S. The van der Waals surface area contributed by atoms with Gasteiger partial charge in [-0.1, -0.05) is 11.6 Å². The Bertz CT molecular complexity index is 533. The molecule has 0 N–H and O–H groups in total. The number of halogens is 1. The van der Waals surface area contributed by atoms with Crippen LogP contribution in [-0.2, 0) is 14.8 Å². The first-order valence-corrected chi connectivity index (χ1v) is 8.55. The quantitative estimate of drug-likeness (QED) is 0.781. The van der Waals surface area contributed by atoms with Gasteiger partial charge in [-0.15, -0.1) is 0 Å². The summed E-state index contributed by atoms with van der Waals surface area (Å²) in [5.41, 5.74) is 0. The summed E-state index contributed by atoms with van der Waals surface area (Å²) >= 11 is 5.69. The third-order valence-electron chi connectivity index (χ3n) is 3.38. The van der Waals surface area contributed by atoms with Crippen molar-refractivity contribution in [1.29, 1.82) is 0 Å². The third kappa shape index (κ3) is 3.69. The Hall–Kier alpha value is -0.690. The minimum atomic E-state index is -3.48. The maximum Gasteiger partial charge on any atom is 0.244 e. The molecule has 0 aromatic carbocycles. The lowest BCUT2D eigenvalue weighted by molar-refractivity contribution is 0.0864. The maximum atomic E-state index is 12.5. The number of ether oxygens (including phenoxy) is 1. The molecule has 5 nitrogen and oxygen atoms in total. The van der Waals surface area contributed by atoms with Crippen LogP contribution in [0.1, 0.15) is 19.8 Å². The van der Waals surface area contributed by atoms with Crippen LogP contribution in [0.5, 0.6) is 0 Å². The fraction of sp³-hybridized carbons (Fsp3) is 0.615. The molecule has 2 rings (SSSR count). The van der Waals surface area contributed by atoms with Gasteiger partial charge in [0.1, 0.15) is 10.0 Å². The van der Waals surface area contributed by atoms with Gasteiger partial charge in [0.2, 0.25) is 10.0 Å². The molecule has 0 spiro atoms. The molecule has 1 saturated heterocycles. The molecule has 0 bridgehead atoms. The summed E-state index contributed by atoms with van der Waals surface area (Å²) < 4.78 is 32.0. The van der Waals surface area contributed by atoms with Crippen molar-refractivity contribution in [3.8, 4) is 0 Å². The lowest BCUT2D eigenvalue weighted by Crippen LogP contribution is -2.41. The molecular weight excluding hydrogens is 300 g/mol. The second-order valence-corrected chi connectivity index (χ2v) is 7.17. The van der Waals surface area contributed by atoms with Crippen LogP contribution in [0.15, 0.2) is 23.2 Å². The van der Waals surface area contributed by atoms with E-state index in [1.807, 2.05) is 6.92 Å². The van der Waals surface area contributed by atoms with E-state index in [4.69, 9.17) is 16.3 Å². The predicted molar refractivity (Wildman–Crippen MR) is 77.2 cm³/mol. The van der Waals surface area contributed by atoms with E-state index in [9.17, 15) is 8.42 Å². The Morgan fingerprint density at radius 1 is 1.50 bits per heavy atom. The summed E-state index contributed by atoms with van der Waals surface area (Å²) in [7, 11) is -3.48. The lowest BCUT2D eigenvalue weighted by Gasteiger charge is -2.31. The van der Waals surface area contributed by atoms with Gasteiger partial charge in [0, 0.05) is 25.9 Å². The molecule has 0 aliphatic carbocycles. The molecule has 2 heterocycles. The van der Waals surface area contributed by atoms with E-state index >= 15 is 0 Å². The van der Waals surface area contributed by atoms with Crippen molar-refractivity contribution in [3.05, 3.63) is 23.5 Å². The zero-order valence-electron chi connectivity index (χ0n) is 11.5. The van der Waals surface area contributed by atoms with E-state index in [-0.39, 0.29) is 16.0 Å². The number of nitrogens with zero attached hydrogens (tertiary/aromatic N) is 2. The summed E-state index contributed by atoms with van der Waals surface area (Å²) in [4.78, 5) is 4.04. The van der Waals surface area contributed by atoms with Crippen molar-refractivity contribution < 1.29 is 13.2 Å². The van der Waals surface area contributed by atoms with E-state index in [2.05, 4.69) is 4.98 Å². The van der Waals surface area contributed by atoms with E-state index < -0.39 is 10.0 Å². The van der Waals surface area contributed by atoms with Crippen molar-refractivity contribution in [1.82, 2.24) is 9.29 Å². The number of pyridine rings is 1. The highest BCUT2D eigenvalue weighted by Crippen LogP contribution is 2.24. The van der Waals surface area contributed by atoms with Gasteiger partial charge in [-0.25, -0.2) is 13.4 Å². The smallest absolute Gasteiger partial charge is 0.244 e. The fourth-order valence-corrected chi connectivity index (χ4v) is 3.94. The van der Waals surface area contributed by atoms with E-state index in [0.29, 0.717) is 26.3 Å². The standard InChI is InChI=1S/C13H19ClN2O3S/c1-2-19-10-11-4-3-7-16(9-11)20(17,18)12-5-6-13(14)15-8-12/h5-6,8,11H,2-4,7,9-10H2,1H3. The molecule has 1 aromatic heterocycles. The highest BCUT2D eigenvalue weighted by atomic mass is 35.5. The van der Waals surface area contributed by atoms with Gasteiger partial charge in [-0.05, 0) is 37.8 Å². The number of hydrogen-bond donors (Lipinski definition) is 0. The SMILES string of the molecule is CCOCC1CCCN(S(=O)(=O)c2ccc(Cl)nc2)C1. The molecule has 1 unspecified atom stereocenters. The molecule has 0 radical (unpaired) electrons. The van der Waals surface area contributed by atoms with Gasteiger partial charge >= 0.3 is 0 Å². The molecule has 1 fully saturated rings. The van der Waals surface area contributed by atoms with Gasteiger partial charge in [-0.3, -0.25) is 0 Å². The summed E-state index contributed by atoms with van der Waals surface area (Å²) in [6.07, 6.45) is 3.17. The number of sulfonamides is 1. The number of hydrogen-bond acceptors (Lipinski definition) is 4. The van der Waals surface area contributed by atoms with Crippen molar-refractivity contribution in [2.45, 2.75) is 24.7 Å². The van der Waals surface area contributed by atoms with Crippen LogP contribution in [0.2, 0.25) is 5.15 Å². The van der Waals surface area contributed by atoms with Gasteiger partial charge in [0.15, 0.2) is 0 Å². The normalized spacial score (nSPS) is 21.0. The van der Waals surface area contributed by atoms with Crippen molar-refractivity contribution in [2.24, 2.45) is 5.92 Å². The molecule has 0 amide bonds. The van der Waals surface area contributed by atoms with Crippen LogP contribution < -0.4 is 0 Å². The van der Waals surface area contributed by atoms with Crippen molar-refractivity contribution >= 4 is 21.6 Å². The molecule has 1 aromatic rings. The Kier molecular flexibility index (Phi) is 5.37. The molecule has 7 heteroatoms. The lowest BCUT2D eigenvalue weighted by atomic mass is 10.0. The second-order valence-electron chi connectivity index (χ2n) is 4.85. The van der Waals surface area contributed by atoms with Crippen molar-refractivity contribution in [3.63, 3.8) is 0 Å². The Morgan fingerprint density at radius 2 is 2.30 bits per heavy atom. The molecule has 20 heavy (non-hydrogen) atoms. The average molecular weight is 319 g/mol. The first-order valence-electron chi connectivity index (χ1n) is 6.73. The third-order valence-corrected chi connectivity index (χ3v) is 5.45. The van der Waals surface area contributed by atoms with Crippen LogP contribution in [0.3, 0.4) is 0 Å². The van der Waals surface area contributed by atoms with Gasteiger partial charge in [0.05, 0.1) is 6.61 Å². The Balaban J connectivity index is 2.10. The predicted octanol–water partition coefficient (Wildman–Crippen LogP) is 2.17. The Morgan fingerprint density at radius 3 is 2.95 bits per heavy atom. The number of rotatable bonds is 5. The van der Waals surface area contributed by atoms with Crippen LogP contribution in [0, 0.1) is 5.92 Å². The summed E-state index contributed by atoms with van der Waals surface area (Å²) in [6, 6.07) is 2.99. The zero-order valence-corrected chi connectivity index (χ0v) is 13.0. The van der Waals surface area contributed by atoms with E-state index in [0.717, 1.165) is 12.8 Å². The highest BCUT2D eigenvalue weighted by Gasteiger charge is 2.30. The molecule has 112 valence electrons. The summed E-state index contributed by atoms with van der Waals surface area (Å²) in [5.74, 6) is 0.263. The molecule has 1 aliphatic heterocycles. The van der Waals surface area contributed by atoms with Gasteiger partial charge in [-0.2, -0.15) is 4.31 Å². The van der Waals surface area contributed by atoms with Crippen LogP contribution in [0.25, 0.3) is 0 Å². The summed E-state index contributed by atoms with van der Waals surface area (Å²) in [5, 5.41) is 0.289. The summed E-state index contributed by atoms with van der Waals surface area (Å²) in [6.45, 7) is 4.26. The van der Waals surface area contributed by atoms with Crippen LogP contribution >= 0.6 is 11.6 Å². The van der Waals surface area contributed by atoms with E-state index in [1.54, 1.807) is 0 Å². The minimum Gasteiger partial charge on any atom is -0.381 e. The molecule has 0 saturated carbocycles. The monoisotopic (exact) mass is 318 g/mol. The second kappa shape index (κ2) is 6.85. The maximum absolute atomic E-state index is 12.5. The number of aromatic nitrogens is 1. The van der Waals surface area contributed by atoms with Crippen LogP contribution in [0.4, 0.5) is 0 Å². The molecule has 1 atom stereocenters. The number of piperidine rings is 1. The minimum absolute atomic E-state index is 0.193. The first-order chi connectivity index (χ1) is 9.54. The Labute approximate surface area is 125 Å². The average Bonchev–Trinajstić information content (AvgIpc) is 2.46. The topological polar surface area (TPSA) is 59.5 Å². The molecule has 1 aliphatic rings. The first kappa shape index (κ1) is 15.7. The fourth-order valence-electron chi connectivity index (χ4n) is 2.33. The van der Waals surface area contributed by atoms with Gasteiger partial charge < -0.3 is 4.74 Å². The van der Waals surface area contributed by atoms with Crippen molar-refractivity contribution in [2.75, 3.05) is 26.3 Å². The zero-order chi connectivity index (χ0) is 14.6.